The summed E-state index contributed by atoms with van der Waals surface area (Å²) in [6, 6.07) is 35.3. The van der Waals surface area contributed by atoms with Crippen molar-refractivity contribution in [2.45, 2.75) is 19.5 Å². The van der Waals surface area contributed by atoms with E-state index in [2.05, 4.69) is 35.3 Å². The van der Waals surface area contributed by atoms with Crippen LogP contribution in [-0.4, -0.2) is 41.5 Å². The van der Waals surface area contributed by atoms with Gasteiger partial charge in [0.05, 0.1) is 11.6 Å². The zero-order valence-corrected chi connectivity index (χ0v) is 21.4. The van der Waals surface area contributed by atoms with Gasteiger partial charge in [-0.2, -0.15) is 5.26 Å². The molecule has 4 aromatic rings. The smallest absolute Gasteiger partial charge is 0.322 e. The number of para-hydroxylation sites is 1. The molecule has 1 unspecified atom stereocenters. The fraction of sp³-hybridized carbons (Fsp3) is 0.188. The molecule has 0 aromatic heterocycles. The largest absolute Gasteiger partial charge is 0.457 e. The van der Waals surface area contributed by atoms with Gasteiger partial charge >= 0.3 is 6.03 Å². The van der Waals surface area contributed by atoms with Gasteiger partial charge < -0.3 is 15.0 Å². The van der Waals surface area contributed by atoms with Crippen molar-refractivity contribution >= 4 is 11.7 Å². The van der Waals surface area contributed by atoms with Crippen molar-refractivity contribution in [2.75, 3.05) is 25.0 Å². The molecule has 1 aliphatic heterocycles. The van der Waals surface area contributed by atoms with Gasteiger partial charge in [0.1, 0.15) is 11.5 Å². The molecule has 1 atom stereocenters. The molecule has 0 saturated carbocycles. The molecule has 4 aromatic carbocycles. The molecule has 38 heavy (non-hydrogen) atoms. The highest BCUT2D eigenvalue weighted by Crippen LogP contribution is 2.25. The van der Waals surface area contributed by atoms with Crippen LogP contribution >= 0.6 is 0 Å². The molecule has 1 saturated heterocycles. The molecular weight excluding hydrogens is 472 g/mol. The Bertz CT molecular complexity index is 1450. The Morgan fingerprint density at radius 3 is 2.42 bits per heavy atom. The lowest BCUT2D eigenvalue weighted by atomic mass is 10.0. The highest BCUT2D eigenvalue weighted by molar-refractivity contribution is 5.90. The number of hydrogen-bond acceptors (Lipinski definition) is 4. The predicted molar refractivity (Wildman–Crippen MR) is 150 cm³/mol. The molecule has 0 radical (unpaired) electrons. The number of ether oxygens (including phenoxy) is 1. The molecule has 190 valence electrons. The van der Waals surface area contributed by atoms with Gasteiger partial charge in [0.2, 0.25) is 0 Å². The van der Waals surface area contributed by atoms with Crippen molar-refractivity contribution in [1.29, 1.82) is 5.26 Å². The van der Waals surface area contributed by atoms with Crippen molar-refractivity contribution in [3.05, 3.63) is 114 Å². The lowest BCUT2D eigenvalue weighted by Crippen LogP contribution is -2.54. The number of hydrogen-bond donors (Lipinski definition) is 1. The second kappa shape index (κ2) is 11.6. The number of nitrogens with one attached hydrogen (secondary N) is 1. The van der Waals surface area contributed by atoms with E-state index in [0.29, 0.717) is 12.1 Å². The number of carbonyl (C=O) groups excluding carboxylic acids is 1. The lowest BCUT2D eigenvalue weighted by molar-refractivity contribution is 0.104. The van der Waals surface area contributed by atoms with Gasteiger partial charge in [-0.1, -0.05) is 54.6 Å². The SMILES string of the molecule is CC1CN(Cc2cccc(Oc3ccccc3)c2)CCN1C(=O)Nc1cccc(-c2cccc(C#N)c2)c1. The summed E-state index contributed by atoms with van der Waals surface area (Å²) in [5.74, 6) is 1.64. The number of anilines is 1. The molecule has 1 N–H and O–H groups in total. The first-order valence-corrected chi connectivity index (χ1v) is 12.8. The van der Waals surface area contributed by atoms with E-state index in [9.17, 15) is 10.1 Å². The van der Waals surface area contributed by atoms with Gasteiger partial charge in [-0.05, 0) is 72.1 Å². The summed E-state index contributed by atoms with van der Waals surface area (Å²) in [6.45, 7) is 5.12. The third kappa shape index (κ3) is 6.20. The number of benzene rings is 4. The van der Waals surface area contributed by atoms with E-state index >= 15 is 0 Å². The predicted octanol–water partition coefficient (Wildman–Crippen LogP) is 6.76. The second-order valence-corrected chi connectivity index (χ2v) is 9.54. The van der Waals surface area contributed by atoms with Crippen LogP contribution in [0.5, 0.6) is 11.5 Å². The minimum absolute atomic E-state index is 0.0722. The summed E-state index contributed by atoms with van der Waals surface area (Å²) in [6.07, 6.45) is 0. The van der Waals surface area contributed by atoms with Crippen LogP contribution in [0.2, 0.25) is 0 Å². The summed E-state index contributed by atoms with van der Waals surface area (Å²) < 4.78 is 5.99. The van der Waals surface area contributed by atoms with Crippen molar-refractivity contribution in [3.63, 3.8) is 0 Å². The summed E-state index contributed by atoms with van der Waals surface area (Å²) in [4.78, 5) is 17.4. The van der Waals surface area contributed by atoms with Gasteiger partial charge in [-0.3, -0.25) is 4.90 Å². The van der Waals surface area contributed by atoms with Gasteiger partial charge in [0, 0.05) is 37.9 Å². The highest BCUT2D eigenvalue weighted by Gasteiger charge is 2.27. The van der Waals surface area contributed by atoms with Crippen LogP contribution in [0.3, 0.4) is 0 Å². The fourth-order valence-corrected chi connectivity index (χ4v) is 4.81. The Hall–Kier alpha value is -4.60. The molecular formula is C32H30N4O2. The first-order chi connectivity index (χ1) is 18.6. The van der Waals surface area contributed by atoms with E-state index in [1.165, 1.54) is 5.56 Å². The molecule has 1 aliphatic rings. The molecule has 1 heterocycles. The molecule has 6 heteroatoms. The van der Waals surface area contributed by atoms with Crippen LogP contribution in [0.4, 0.5) is 10.5 Å². The van der Waals surface area contributed by atoms with E-state index in [4.69, 9.17) is 4.74 Å². The number of piperazine rings is 1. The Balaban J connectivity index is 1.18. The molecule has 6 nitrogen and oxygen atoms in total. The third-order valence-corrected chi connectivity index (χ3v) is 6.69. The fourth-order valence-electron chi connectivity index (χ4n) is 4.81. The highest BCUT2D eigenvalue weighted by atomic mass is 16.5. The van der Waals surface area contributed by atoms with Gasteiger partial charge in [-0.15, -0.1) is 0 Å². The van der Waals surface area contributed by atoms with Crippen molar-refractivity contribution < 1.29 is 9.53 Å². The van der Waals surface area contributed by atoms with Gasteiger partial charge in [0.15, 0.2) is 0 Å². The van der Waals surface area contributed by atoms with Crippen LogP contribution in [0, 0.1) is 11.3 Å². The Labute approximate surface area is 223 Å². The molecule has 0 bridgehead atoms. The number of nitrogens with zero attached hydrogens (tertiary/aromatic N) is 3. The summed E-state index contributed by atoms with van der Waals surface area (Å²) in [5, 5.41) is 12.3. The van der Waals surface area contributed by atoms with Crippen LogP contribution in [-0.2, 0) is 6.54 Å². The van der Waals surface area contributed by atoms with E-state index in [1.807, 2.05) is 89.8 Å². The van der Waals surface area contributed by atoms with Crippen molar-refractivity contribution in [1.82, 2.24) is 9.80 Å². The number of amides is 2. The van der Waals surface area contributed by atoms with Gasteiger partial charge in [0.25, 0.3) is 0 Å². The number of nitriles is 1. The summed E-state index contributed by atoms with van der Waals surface area (Å²) >= 11 is 0. The second-order valence-electron chi connectivity index (χ2n) is 9.54. The van der Waals surface area contributed by atoms with Crippen molar-refractivity contribution in [3.8, 4) is 28.7 Å². The number of carbonyl (C=O) groups is 1. The number of urea groups is 1. The van der Waals surface area contributed by atoms with Gasteiger partial charge in [-0.25, -0.2) is 4.79 Å². The Morgan fingerprint density at radius 2 is 1.63 bits per heavy atom. The first-order valence-electron chi connectivity index (χ1n) is 12.8. The van der Waals surface area contributed by atoms with E-state index < -0.39 is 0 Å². The van der Waals surface area contributed by atoms with E-state index in [-0.39, 0.29) is 12.1 Å². The minimum Gasteiger partial charge on any atom is -0.457 e. The van der Waals surface area contributed by atoms with E-state index in [0.717, 1.165) is 47.9 Å². The van der Waals surface area contributed by atoms with Crippen LogP contribution in [0.25, 0.3) is 11.1 Å². The Kier molecular flexibility index (Phi) is 7.67. The topological polar surface area (TPSA) is 68.6 Å². The monoisotopic (exact) mass is 502 g/mol. The zero-order chi connectivity index (χ0) is 26.3. The van der Waals surface area contributed by atoms with Crippen LogP contribution in [0.15, 0.2) is 103 Å². The number of rotatable bonds is 6. The zero-order valence-electron chi connectivity index (χ0n) is 21.4. The maximum absolute atomic E-state index is 13.1. The van der Waals surface area contributed by atoms with E-state index in [1.54, 1.807) is 6.07 Å². The molecule has 5 rings (SSSR count). The lowest BCUT2D eigenvalue weighted by Gasteiger charge is -2.39. The Morgan fingerprint density at radius 1 is 0.895 bits per heavy atom. The summed E-state index contributed by atoms with van der Waals surface area (Å²) in [5.41, 5.74) is 4.43. The van der Waals surface area contributed by atoms with Crippen LogP contribution in [0.1, 0.15) is 18.1 Å². The molecule has 1 fully saturated rings. The average Bonchev–Trinajstić information content (AvgIpc) is 2.94. The quantitative estimate of drug-likeness (QED) is 0.316. The molecule has 2 amide bonds. The average molecular weight is 503 g/mol. The molecule has 0 spiro atoms. The van der Waals surface area contributed by atoms with Crippen LogP contribution < -0.4 is 10.1 Å². The first kappa shape index (κ1) is 25.1. The maximum atomic E-state index is 13.1. The minimum atomic E-state index is -0.0988. The van der Waals surface area contributed by atoms with Crippen molar-refractivity contribution in [2.24, 2.45) is 0 Å². The maximum Gasteiger partial charge on any atom is 0.322 e. The third-order valence-electron chi connectivity index (χ3n) is 6.69. The summed E-state index contributed by atoms with van der Waals surface area (Å²) in [7, 11) is 0. The molecule has 0 aliphatic carbocycles. The normalized spacial score (nSPS) is 15.5. The standard InChI is InChI=1S/C32H30N4O2/c1-24-22-35(23-26-9-6-15-31(19-26)38-30-13-3-2-4-14-30)16-17-36(24)32(37)34-29-12-7-11-28(20-29)27-10-5-8-25(18-27)21-33/h2-15,18-20,24H,16-17,22-23H2,1H3,(H,34,37).